The van der Waals surface area contributed by atoms with E-state index in [0.29, 0.717) is 42.4 Å². The lowest BCUT2D eigenvalue weighted by Gasteiger charge is -2.26. The summed E-state index contributed by atoms with van der Waals surface area (Å²) in [5.41, 5.74) is 2.97. The maximum Gasteiger partial charge on any atom is 0.257 e. The molecule has 2 aromatic rings. The predicted molar refractivity (Wildman–Crippen MR) is 118 cm³/mol. The third-order valence-electron chi connectivity index (χ3n) is 4.52. The molecule has 2 amide bonds. The van der Waals surface area contributed by atoms with Crippen molar-refractivity contribution in [1.82, 2.24) is 4.90 Å². The molecule has 0 radical (unpaired) electrons. The number of amides is 2. The second kappa shape index (κ2) is 10.8. The average Bonchev–Trinajstić information content (AvgIpc) is 2.70. The van der Waals surface area contributed by atoms with Crippen LogP contribution in [0, 0.1) is 0 Å². The standard InChI is InChI=1S/C22H28ClN3O3/c1-5-21(27)26(12-13-29-4)15-16-14-17(10-11-20(16)25(2)3)24-22(28)18-8-6-7-9-19(18)23/h6-11,14H,5,12-13,15H2,1-4H3,(H,24,28). The summed E-state index contributed by atoms with van der Waals surface area (Å²) in [6.45, 7) is 3.24. The van der Waals surface area contributed by atoms with Gasteiger partial charge < -0.3 is 19.9 Å². The van der Waals surface area contributed by atoms with Crippen LogP contribution in [-0.4, -0.2) is 51.1 Å². The molecule has 0 heterocycles. The monoisotopic (exact) mass is 417 g/mol. The number of nitrogens with zero attached hydrogens (tertiary/aromatic N) is 2. The van der Waals surface area contributed by atoms with E-state index < -0.39 is 0 Å². The first-order valence-corrected chi connectivity index (χ1v) is 9.88. The summed E-state index contributed by atoms with van der Waals surface area (Å²) in [6.07, 6.45) is 0.421. The number of ether oxygens (including phenoxy) is 1. The molecule has 7 heteroatoms. The lowest BCUT2D eigenvalue weighted by Crippen LogP contribution is -2.33. The van der Waals surface area contributed by atoms with Gasteiger partial charge in [-0.25, -0.2) is 0 Å². The molecule has 0 aliphatic heterocycles. The van der Waals surface area contributed by atoms with Crippen LogP contribution in [-0.2, 0) is 16.1 Å². The Bertz CT molecular complexity index is 855. The predicted octanol–water partition coefficient (Wildman–Crippen LogP) is 4.04. The Labute approximate surface area is 177 Å². The van der Waals surface area contributed by atoms with Crippen LogP contribution in [0.25, 0.3) is 0 Å². The van der Waals surface area contributed by atoms with Crippen LogP contribution < -0.4 is 10.2 Å². The van der Waals surface area contributed by atoms with E-state index in [9.17, 15) is 9.59 Å². The lowest BCUT2D eigenvalue weighted by molar-refractivity contribution is -0.132. The summed E-state index contributed by atoms with van der Waals surface area (Å²) in [6, 6.07) is 12.6. The first-order chi connectivity index (χ1) is 13.9. The van der Waals surface area contributed by atoms with Gasteiger partial charge in [0.25, 0.3) is 5.91 Å². The Morgan fingerprint density at radius 1 is 1.14 bits per heavy atom. The normalized spacial score (nSPS) is 10.5. The number of anilines is 2. The van der Waals surface area contributed by atoms with Gasteiger partial charge in [-0.1, -0.05) is 30.7 Å². The number of benzene rings is 2. The summed E-state index contributed by atoms with van der Waals surface area (Å²) in [5, 5.41) is 3.29. The second-order valence-electron chi connectivity index (χ2n) is 6.83. The number of nitrogens with one attached hydrogen (secondary N) is 1. The van der Waals surface area contributed by atoms with Crippen molar-refractivity contribution in [3.8, 4) is 0 Å². The Hall–Kier alpha value is -2.57. The molecule has 0 spiro atoms. The molecule has 0 bridgehead atoms. The van der Waals surface area contributed by atoms with Crippen LogP contribution in [0.5, 0.6) is 0 Å². The number of hydrogen-bond acceptors (Lipinski definition) is 4. The Morgan fingerprint density at radius 2 is 1.86 bits per heavy atom. The summed E-state index contributed by atoms with van der Waals surface area (Å²) >= 11 is 6.13. The summed E-state index contributed by atoms with van der Waals surface area (Å²) in [7, 11) is 5.51. The van der Waals surface area contributed by atoms with Gasteiger partial charge in [0, 0.05) is 52.1 Å². The fourth-order valence-electron chi connectivity index (χ4n) is 2.99. The lowest BCUT2D eigenvalue weighted by atomic mass is 10.1. The van der Waals surface area contributed by atoms with E-state index in [1.165, 1.54) is 0 Å². The molecule has 156 valence electrons. The van der Waals surface area contributed by atoms with Gasteiger partial charge in [0.15, 0.2) is 0 Å². The minimum Gasteiger partial charge on any atom is -0.383 e. The van der Waals surface area contributed by atoms with E-state index in [1.54, 1.807) is 36.3 Å². The molecule has 2 aromatic carbocycles. The fraction of sp³-hybridized carbons (Fsp3) is 0.364. The molecule has 29 heavy (non-hydrogen) atoms. The number of halogens is 1. The fourth-order valence-corrected chi connectivity index (χ4v) is 3.21. The van der Waals surface area contributed by atoms with Crippen LogP contribution in [0.2, 0.25) is 5.02 Å². The number of rotatable bonds is 9. The molecule has 0 unspecified atom stereocenters. The van der Waals surface area contributed by atoms with Crippen molar-refractivity contribution in [3.63, 3.8) is 0 Å². The SMILES string of the molecule is CCC(=O)N(CCOC)Cc1cc(NC(=O)c2ccccc2Cl)ccc1N(C)C. The highest BCUT2D eigenvalue weighted by atomic mass is 35.5. The van der Waals surface area contributed by atoms with Gasteiger partial charge in [0.05, 0.1) is 17.2 Å². The smallest absolute Gasteiger partial charge is 0.257 e. The first kappa shape index (κ1) is 22.7. The summed E-state index contributed by atoms with van der Waals surface area (Å²) in [4.78, 5) is 28.7. The molecule has 0 saturated heterocycles. The molecule has 0 aliphatic carbocycles. The molecular formula is C22H28ClN3O3. The third kappa shape index (κ3) is 6.21. The van der Waals surface area contributed by atoms with E-state index in [4.69, 9.17) is 16.3 Å². The zero-order valence-corrected chi connectivity index (χ0v) is 18.1. The Balaban J connectivity index is 2.29. The van der Waals surface area contributed by atoms with E-state index in [1.807, 2.05) is 44.1 Å². The molecule has 0 aliphatic rings. The first-order valence-electron chi connectivity index (χ1n) is 9.50. The van der Waals surface area contributed by atoms with Gasteiger partial charge in [-0.15, -0.1) is 0 Å². The average molecular weight is 418 g/mol. The van der Waals surface area contributed by atoms with Gasteiger partial charge in [0.1, 0.15) is 0 Å². The van der Waals surface area contributed by atoms with Crippen molar-refractivity contribution in [2.75, 3.05) is 44.6 Å². The zero-order chi connectivity index (χ0) is 21.4. The number of hydrogen-bond donors (Lipinski definition) is 1. The maximum absolute atomic E-state index is 12.6. The van der Waals surface area contributed by atoms with E-state index in [2.05, 4.69) is 5.32 Å². The van der Waals surface area contributed by atoms with Gasteiger partial charge in [-0.3, -0.25) is 9.59 Å². The highest BCUT2D eigenvalue weighted by Gasteiger charge is 2.17. The van der Waals surface area contributed by atoms with Crippen molar-refractivity contribution >= 4 is 34.8 Å². The number of carbonyl (C=O) groups is 2. The largest absolute Gasteiger partial charge is 0.383 e. The van der Waals surface area contributed by atoms with E-state index >= 15 is 0 Å². The molecule has 2 rings (SSSR count). The molecule has 0 saturated carbocycles. The molecule has 0 aromatic heterocycles. The molecule has 1 N–H and O–H groups in total. The van der Waals surface area contributed by atoms with E-state index in [-0.39, 0.29) is 11.8 Å². The highest BCUT2D eigenvalue weighted by Crippen LogP contribution is 2.26. The Morgan fingerprint density at radius 3 is 2.48 bits per heavy atom. The Kier molecular flexibility index (Phi) is 8.49. The highest BCUT2D eigenvalue weighted by molar-refractivity contribution is 6.34. The van der Waals surface area contributed by atoms with E-state index in [0.717, 1.165) is 11.3 Å². The maximum atomic E-state index is 12.6. The third-order valence-corrected chi connectivity index (χ3v) is 4.85. The van der Waals surface area contributed by atoms with Gasteiger partial charge in [0.2, 0.25) is 5.91 Å². The number of carbonyl (C=O) groups excluding carboxylic acids is 2. The minimum absolute atomic E-state index is 0.0530. The summed E-state index contributed by atoms with van der Waals surface area (Å²) < 4.78 is 5.15. The second-order valence-corrected chi connectivity index (χ2v) is 7.24. The van der Waals surface area contributed by atoms with Crippen molar-refractivity contribution in [2.24, 2.45) is 0 Å². The van der Waals surface area contributed by atoms with Crippen LogP contribution in [0.15, 0.2) is 42.5 Å². The van der Waals surface area contributed by atoms with Crippen molar-refractivity contribution in [3.05, 3.63) is 58.6 Å². The minimum atomic E-state index is -0.278. The molecular weight excluding hydrogens is 390 g/mol. The van der Waals surface area contributed by atoms with Crippen molar-refractivity contribution < 1.29 is 14.3 Å². The van der Waals surface area contributed by atoms with Crippen LogP contribution in [0.3, 0.4) is 0 Å². The number of methoxy groups -OCH3 is 1. The van der Waals surface area contributed by atoms with Gasteiger partial charge >= 0.3 is 0 Å². The summed E-state index contributed by atoms with van der Waals surface area (Å²) in [5.74, 6) is -0.225. The van der Waals surface area contributed by atoms with Gasteiger partial charge in [-0.05, 0) is 35.9 Å². The van der Waals surface area contributed by atoms with Crippen LogP contribution >= 0.6 is 11.6 Å². The quantitative estimate of drug-likeness (QED) is 0.668. The van der Waals surface area contributed by atoms with Crippen molar-refractivity contribution in [1.29, 1.82) is 0 Å². The zero-order valence-electron chi connectivity index (χ0n) is 17.4. The van der Waals surface area contributed by atoms with Gasteiger partial charge in [-0.2, -0.15) is 0 Å². The topological polar surface area (TPSA) is 61.9 Å². The van der Waals surface area contributed by atoms with Crippen LogP contribution in [0.1, 0.15) is 29.3 Å². The van der Waals surface area contributed by atoms with Crippen LogP contribution in [0.4, 0.5) is 11.4 Å². The molecule has 0 atom stereocenters. The molecule has 6 nitrogen and oxygen atoms in total. The van der Waals surface area contributed by atoms with Crippen molar-refractivity contribution in [2.45, 2.75) is 19.9 Å². The molecule has 0 fully saturated rings.